The largest absolute Gasteiger partial charge is 1.00 e. The van der Waals surface area contributed by atoms with Gasteiger partial charge in [0.05, 0.1) is 0 Å². The van der Waals surface area contributed by atoms with Gasteiger partial charge in [-0.25, -0.2) is 0 Å². The van der Waals surface area contributed by atoms with Gasteiger partial charge in [0.1, 0.15) is 19.6 Å². The second kappa shape index (κ2) is 4.92. The first-order chi connectivity index (χ1) is 4.33. The Balaban J connectivity index is -0.000000405. The summed E-state index contributed by atoms with van der Waals surface area (Å²) >= 11 is 0. The van der Waals surface area contributed by atoms with Crippen LogP contribution >= 0.6 is 7.82 Å². The zero-order chi connectivity index (χ0) is 8.36. The van der Waals surface area contributed by atoms with Crippen molar-refractivity contribution in [3.63, 3.8) is 0 Å². The number of carbonyl (C=O) groups is 1. The van der Waals surface area contributed by atoms with Crippen LogP contribution in [0.15, 0.2) is 12.3 Å². The predicted octanol–water partition coefficient (Wildman–Crippen LogP) is -5.79. The fraction of sp³-hybridized carbons (Fsp3) is 0. The zero-order valence-electron chi connectivity index (χ0n) is 6.60. The van der Waals surface area contributed by atoms with E-state index in [1.54, 1.807) is 0 Å². The monoisotopic (exact) mass is 189 g/mol. The number of phosphoric acid groups is 1. The molecule has 0 bridgehead atoms. The van der Waals surface area contributed by atoms with E-state index in [0.29, 0.717) is 0 Å². The number of carboxylic acid groups (broad SMARTS) is 1. The van der Waals surface area contributed by atoms with Gasteiger partial charge in [-0.05, 0) is 0 Å². The molecule has 0 rings (SSSR count). The number of aliphatic carboxylic acids is 1. The van der Waals surface area contributed by atoms with Gasteiger partial charge in [0, 0.05) is 0 Å². The maximum atomic E-state index is 9.64. The van der Waals surface area contributed by atoms with Gasteiger partial charge in [0.15, 0.2) is 0 Å². The van der Waals surface area contributed by atoms with Gasteiger partial charge in [0.2, 0.25) is 0 Å². The van der Waals surface area contributed by atoms with Crippen LogP contribution in [0.5, 0.6) is 0 Å². The molecule has 0 aliphatic heterocycles. The molecule has 0 saturated carbocycles. The third-order valence-electron chi connectivity index (χ3n) is 0.450. The number of rotatable bonds is 3. The van der Waals surface area contributed by atoms with E-state index in [-0.39, 0.29) is 31.0 Å². The first-order valence-corrected chi connectivity index (χ1v) is 3.41. The van der Waals surface area contributed by atoms with E-state index in [2.05, 4.69) is 11.1 Å². The summed E-state index contributed by atoms with van der Waals surface area (Å²) in [5, 5.41) is 9.64. The second-order valence-electron chi connectivity index (χ2n) is 1.25. The molecule has 0 aliphatic rings. The first-order valence-electron chi connectivity index (χ1n) is 1.95. The van der Waals surface area contributed by atoms with Crippen LogP contribution in [0.2, 0.25) is 0 Å². The Hall–Kier alpha value is 0.160. The van der Waals surface area contributed by atoms with Crippen molar-refractivity contribution in [1.29, 1.82) is 0 Å². The van der Waals surface area contributed by atoms with Crippen molar-refractivity contribution < 1.29 is 59.8 Å². The molecule has 0 spiro atoms. The molecule has 11 heavy (non-hydrogen) atoms. The maximum absolute atomic E-state index is 9.64. The summed E-state index contributed by atoms with van der Waals surface area (Å²) < 4.78 is 12.9. The Morgan fingerprint density at radius 2 is 1.91 bits per heavy atom. The molecule has 0 aromatic heterocycles. The minimum absolute atomic E-state index is 0. The zero-order valence-corrected chi connectivity index (χ0v) is 8.50. The summed E-state index contributed by atoms with van der Waals surface area (Å²) in [5.41, 5.74) is 0. The average Bonchev–Trinajstić information content (AvgIpc) is 1.60. The van der Waals surface area contributed by atoms with Crippen molar-refractivity contribution in [1.82, 2.24) is 0 Å². The van der Waals surface area contributed by atoms with Gasteiger partial charge in [-0.2, -0.15) is 0 Å². The molecule has 0 saturated heterocycles. The Morgan fingerprint density at radius 3 is 2.00 bits per heavy atom. The van der Waals surface area contributed by atoms with E-state index in [0.717, 1.165) is 0 Å². The molecule has 0 amide bonds. The van der Waals surface area contributed by atoms with E-state index in [9.17, 15) is 24.3 Å². The average molecular weight is 189 g/mol. The molecule has 0 aliphatic carbocycles. The Kier molecular flexibility index (Phi) is 6.14. The molecular weight excluding hydrogens is 186 g/mol. The smallest absolute Gasteiger partial charge is 0.780 e. The fourth-order valence-corrected chi connectivity index (χ4v) is 0.517. The van der Waals surface area contributed by atoms with Crippen molar-refractivity contribution >= 4 is 13.8 Å². The van der Waals surface area contributed by atoms with Gasteiger partial charge in [-0.15, -0.1) is 0 Å². The quantitative estimate of drug-likeness (QED) is 0.189. The van der Waals surface area contributed by atoms with Crippen LogP contribution in [0, 0.1) is 0 Å². The van der Waals surface area contributed by atoms with Crippen LogP contribution in [0.25, 0.3) is 0 Å². The van der Waals surface area contributed by atoms with Crippen LogP contribution in [-0.4, -0.2) is 5.97 Å². The Bertz CT molecular complexity index is 211. The molecule has 0 fully saturated rings. The van der Waals surface area contributed by atoms with Crippen LogP contribution in [0.3, 0.4) is 0 Å². The van der Waals surface area contributed by atoms with E-state index >= 15 is 0 Å². The van der Waals surface area contributed by atoms with Gasteiger partial charge in [-0.3, -0.25) is 0 Å². The number of carbonyl (C=O) groups excluding carboxylic acids is 1. The van der Waals surface area contributed by atoms with E-state index < -0.39 is 19.6 Å². The van der Waals surface area contributed by atoms with Crippen molar-refractivity contribution in [2.45, 2.75) is 0 Å². The third-order valence-corrected chi connectivity index (χ3v) is 0.894. The topological polar surface area (TPSA) is 113 Å². The van der Waals surface area contributed by atoms with E-state index in [1.165, 1.54) is 0 Å². The van der Waals surface area contributed by atoms with Gasteiger partial charge >= 0.3 is 31.0 Å². The minimum Gasteiger partial charge on any atom is -0.780 e. The maximum Gasteiger partial charge on any atom is 1.00 e. The number of carboxylic acids is 1. The van der Waals surface area contributed by atoms with Crippen molar-refractivity contribution in [3.05, 3.63) is 12.3 Å². The number of hydrogen-bond acceptors (Lipinski definition) is 6. The summed E-state index contributed by atoms with van der Waals surface area (Å²) in [6.45, 7) is 2.58. The molecule has 8 heteroatoms. The van der Waals surface area contributed by atoms with Crippen molar-refractivity contribution in [2.24, 2.45) is 0 Å². The number of phosphoric ester groups is 1. The normalized spacial score (nSPS) is 9.64. The molecule has 58 valence electrons. The van der Waals surface area contributed by atoms with Crippen LogP contribution in [0.4, 0.5) is 0 Å². The molecule has 0 aromatic carbocycles. The van der Waals surface area contributed by atoms with Gasteiger partial charge in [-0.1, -0.05) is 6.58 Å². The minimum atomic E-state index is -5.30. The molecule has 0 radical (unpaired) electrons. The fourth-order valence-electron chi connectivity index (χ4n) is 0.172. The SMILES string of the molecule is C=C(OP(=O)([O-])[O-])C(=O)[O-].[H+].[Na+]. The summed E-state index contributed by atoms with van der Waals surface area (Å²) in [5.74, 6) is -3.15. The van der Waals surface area contributed by atoms with E-state index in [1.807, 2.05) is 0 Å². The standard InChI is InChI=1S/C3H5O6P.Na/c1-2(3(4)5)9-10(6,7)8;/h1H2,(H,4,5)(H2,6,7,8);/q;+1/p-2. The molecule has 0 aromatic rings. The van der Waals surface area contributed by atoms with Gasteiger partial charge in [0.25, 0.3) is 0 Å². The third kappa shape index (κ3) is 8.06. The van der Waals surface area contributed by atoms with Crippen molar-refractivity contribution in [2.75, 3.05) is 0 Å². The van der Waals surface area contributed by atoms with Crippen molar-refractivity contribution in [3.8, 4) is 0 Å². The molecular formula is C3H3NaO6P-. The van der Waals surface area contributed by atoms with Crippen LogP contribution in [-0.2, 0) is 13.9 Å². The number of hydrogen-bond donors (Lipinski definition) is 0. The molecule has 0 atom stereocenters. The first kappa shape index (κ1) is 13.7. The summed E-state index contributed by atoms with van der Waals surface area (Å²) in [7, 11) is -5.30. The Labute approximate surface area is 85.9 Å². The molecule has 6 nitrogen and oxygen atoms in total. The molecule has 0 unspecified atom stereocenters. The summed E-state index contributed by atoms with van der Waals surface area (Å²) in [6.07, 6.45) is 0. The van der Waals surface area contributed by atoms with Crippen LogP contribution < -0.4 is 44.5 Å². The van der Waals surface area contributed by atoms with Gasteiger partial charge < -0.3 is 28.8 Å². The van der Waals surface area contributed by atoms with E-state index in [4.69, 9.17) is 0 Å². The second-order valence-corrected chi connectivity index (χ2v) is 2.33. The Morgan fingerprint density at radius 1 is 1.55 bits per heavy atom. The summed E-state index contributed by atoms with van der Waals surface area (Å²) in [4.78, 5) is 28.9. The van der Waals surface area contributed by atoms with Crippen LogP contribution in [0.1, 0.15) is 1.43 Å². The predicted molar refractivity (Wildman–Crippen MR) is 24.0 cm³/mol. The molecule has 0 heterocycles. The summed E-state index contributed by atoms with van der Waals surface area (Å²) in [6, 6.07) is 0. The molecule has 0 N–H and O–H groups in total.